The molecular weight excluding hydrogens is 388 g/mol. The fraction of sp³-hybridized carbons (Fsp3) is 0.316. The van der Waals surface area contributed by atoms with Gasteiger partial charge in [-0.05, 0) is 32.0 Å². The lowest BCUT2D eigenvalue weighted by Gasteiger charge is -2.09. The lowest BCUT2D eigenvalue weighted by Crippen LogP contribution is -2.18. The van der Waals surface area contributed by atoms with E-state index in [0.717, 1.165) is 4.57 Å². The van der Waals surface area contributed by atoms with Gasteiger partial charge in [-0.3, -0.25) is 4.68 Å². The summed E-state index contributed by atoms with van der Waals surface area (Å²) in [4.78, 5) is 24.1. The topological polar surface area (TPSA) is 84.6 Å². The Bertz CT molecular complexity index is 1060. The van der Waals surface area contributed by atoms with Crippen molar-refractivity contribution in [3.63, 3.8) is 0 Å². The molecule has 0 saturated heterocycles. The van der Waals surface area contributed by atoms with E-state index in [9.17, 15) is 18.4 Å². The van der Waals surface area contributed by atoms with E-state index in [1.165, 1.54) is 16.8 Å². The Hall–Kier alpha value is -3.43. The number of aryl methyl sites for hydroxylation is 1. The zero-order valence-electron chi connectivity index (χ0n) is 16.0. The number of aromatic nitrogens is 3. The zero-order chi connectivity index (χ0) is 21.1. The van der Waals surface area contributed by atoms with Crippen molar-refractivity contribution in [2.75, 3.05) is 13.2 Å². The molecule has 0 unspecified atom stereocenters. The van der Waals surface area contributed by atoms with E-state index in [2.05, 4.69) is 5.10 Å². The van der Waals surface area contributed by atoms with Crippen molar-refractivity contribution in [2.24, 2.45) is 7.05 Å². The number of rotatable bonds is 5. The van der Waals surface area contributed by atoms with Crippen molar-refractivity contribution in [3.8, 4) is 17.1 Å². The van der Waals surface area contributed by atoms with Crippen LogP contribution in [0, 0.1) is 0 Å². The van der Waals surface area contributed by atoms with Crippen molar-refractivity contribution >= 4 is 23.2 Å². The molecular formula is C19H19F2N3O5. The molecule has 0 atom stereocenters. The monoisotopic (exact) mass is 407 g/mol. The van der Waals surface area contributed by atoms with Crippen LogP contribution in [-0.4, -0.2) is 39.8 Å². The number of fused-ring (bicyclic) bond motifs is 1. The van der Waals surface area contributed by atoms with Gasteiger partial charge in [0.1, 0.15) is 5.69 Å². The SMILES string of the molecule is CCOC(=O)Oc1cc2cc(-c3cc(C(F)F)nn3C)ccc2n1C(=O)OCC. The third kappa shape index (κ3) is 4.05. The zero-order valence-corrected chi connectivity index (χ0v) is 16.0. The maximum atomic E-state index is 12.9. The highest BCUT2D eigenvalue weighted by Crippen LogP contribution is 2.32. The highest BCUT2D eigenvalue weighted by molar-refractivity contribution is 5.94. The molecule has 0 spiro atoms. The van der Waals surface area contributed by atoms with Crippen LogP contribution < -0.4 is 4.74 Å². The molecule has 2 aromatic heterocycles. The maximum absolute atomic E-state index is 12.9. The lowest BCUT2D eigenvalue weighted by atomic mass is 10.1. The number of ether oxygens (including phenoxy) is 3. The fourth-order valence-electron chi connectivity index (χ4n) is 2.90. The molecule has 0 bridgehead atoms. The quantitative estimate of drug-likeness (QED) is 0.578. The summed E-state index contributed by atoms with van der Waals surface area (Å²) in [6.45, 7) is 3.50. The van der Waals surface area contributed by atoms with E-state index in [1.54, 1.807) is 39.1 Å². The summed E-state index contributed by atoms with van der Waals surface area (Å²) in [6.07, 6.45) is -4.38. The standard InChI is InChI=1S/C19H19F2N3O5/c1-4-27-18(25)24-14-7-6-11(15-10-13(17(20)21)22-23(15)3)8-12(14)9-16(24)29-19(26)28-5-2/h6-10,17H,4-5H2,1-3H3. The van der Waals surface area contributed by atoms with Crippen LogP contribution in [0.1, 0.15) is 26.0 Å². The van der Waals surface area contributed by atoms with Crippen molar-refractivity contribution in [1.29, 1.82) is 0 Å². The number of halogens is 2. The first kappa shape index (κ1) is 20.3. The van der Waals surface area contributed by atoms with Crippen LogP contribution in [0.2, 0.25) is 0 Å². The molecule has 1 aromatic carbocycles. The van der Waals surface area contributed by atoms with Gasteiger partial charge in [0, 0.05) is 24.1 Å². The van der Waals surface area contributed by atoms with Gasteiger partial charge < -0.3 is 14.2 Å². The number of hydrogen-bond acceptors (Lipinski definition) is 6. The lowest BCUT2D eigenvalue weighted by molar-refractivity contribution is 0.100. The van der Waals surface area contributed by atoms with E-state index in [1.807, 2.05) is 0 Å². The Balaban J connectivity index is 2.09. The molecule has 3 aromatic rings. The molecule has 0 aliphatic heterocycles. The van der Waals surface area contributed by atoms with Crippen LogP contribution in [0.4, 0.5) is 18.4 Å². The molecule has 154 valence electrons. The summed E-state index contributed by atoms with van der Waals surface area (Å²) < 4.78 is 43.3. The third-order valence-electron chi connectivity index (χ3n) is 4.09. The van der Waals surface area contributed by atoms with E-state index in [-0.39, 0.29) is 24.8 Å². The van der Waals surface area contributed by atoms with Gasteiger partial charge in [0.2, 0.25) is 5.88 Å². The number of alkyl halides is 2. The molecule has 2 heterocycles. The van der Waals surface area contributed by atoms with Gasteiger partial charge >= 0.3 is 12.2 Å². The van der Waals surface area contributed by atoms with Crippen molar-refractivity contribution in [1.82, 2.24) is 14.3 Å². The highest BCUT2D eigenvalue weighted by Gasteiger charge is 2.21. The molecule has 0 saturated carbocycles. The van der Waals surface area contributed by atoms with Crippen molar-refractivity contribution < 1.29 is 32.6 Å². The second kappa shape index (κ2) is 8.29. The van der Waals surface area contributed by atoms with Gasteiger partial charge in [-0.1, -0.05) is 6.07 Å². The minimum atomic E-state index is -2.69. The molecule has 0 aliphatic rings. The summed E-state index contributed by atoms with van der Waals surface area (Å²) in [5.74, 6) is -0.0766. The molecule has 0 aliphatic carbocycles. The Morgan fingerprint density at radius 2 is 1.83 bits per heavy atom. The van der Waals surface area contributed by atoms with E-state index < -0.39 is 18.7 Å². The summed E-state index contributed by atoms with van der Waals surface area (Å²) >= 11 is 0. The van der Waals surface area contributed by atoms with Gasteiger partial charge in [0.25, 0.3) is 6.43 Å². The van der Waals surface area contributed by atoms with Gasteiger partial charge in [-0.2, -0.15) is 5.10 Å². The van der Waals surface area contributed by atoms with Crippen LogP contribution in [-0.2, 0) is 16.5 Å². The Morgan fingerprint density at radius 3 is 2.45 bits per heavy atom. The first-order valence-corrected chi connectivity index (χ1v) is 8.85. The average molecular weight is 407 g/mol. The van der Waals surface area contributed by atoms with Crippen molar-refractivity contribution in [3.05, 3.63) is 36.0 Å². The second-order valence-corrected chi connectivity index (χ2v) is 5.95. The molecule has 3 rings (SSSR count). The van der Waals surface area contributed by atoms with Gasteiger partial charge in [0.05, 0.1) is 24.4 Å². The fourth-order valence-corrected chi connectivity index (χ4v) is 2.90. The molecule has 29 heavy (non-hydrogen) atoms. The van der Waals surface area contributed by atoms with E-state index in [0.29, 0.717) is 22.2 Å². The first-order chi connectivity index (χ1) is 13.8. The van der Waals surface area contributed by atoms with Gasteiger partial charge in [-0.15, -0.1) is 0 Å². The number of benzene rings is 1. The maximum Gasteiger partial charge on any atom is 0.515 e. The Labute approximate surface area is 164 Å². The van der Waals surface area contributed by atoms with Crippen LogP contribution in [0.25, 0.3) is 22.2 Å². The molecule has 0 N–H and O–H groups in total. The summed E-state index contributed by atoms with van der Waals surface area (Å²) in [5, 5.41) is 4.34. The van der Waals surface area contributed by atoms with Gasteiger partial charge in [-0.25, -0.2) is 22.9 Å². The summed E-state index contributed by atoms with van der Waals surface area (Å²) in [7, 11) is 1.56. The summed E-state index contributed by atoms with van der Waals surface area (Å²) in [6, 6.07) is 7.70. The van der Waals surface area contributed by atoms with Crippen LogP contribution in [0.5, 0.6) is 5.88 Å². The normalized spacial score (nSPS) is 11.1. The third-order valence-corrected chi connectivity index (χ3v) is 4.09. The molecule has 8 nitrogen and oxygen atoms in total. The highest BCUT2D eigenvalue weighted by atomic mass is 19.3. The Morgan fingerprint density at radius 1 is 1.10 bits per heavy atom. The summed E-state index contributed by atoms with van der Waals surface area (Å²) in [5.41, 5.74) is 1.16. The predicted molar refractivity (Wildman–Crippen MR) is 99.2 cm³/mol. The first-order valence-electron chi connectivity index (χ1n) is 8.85. The Kier molecular flexibility index (Phi) is 5.81. The minimum Gasteiger partial charge on any atom is -0.449 e. The molecule has 0 fully saturated rings. The number of carbonyl (C=O) groups is 2. The van der Waals surface area contributed by atoms with Gasteiger partial charge in [0.15, 0.2) is 0 Å². The predicted octanol–water partition coefficient (Wildman–Crippen LogP) is 4.52. The van der Waals surface area contributed by atoms with Crippen molar-refractivity contribution in [2.45, 2.75) is 20.3 Å². The number of nitrogens with zero attached hydrogens (tertiary/aromatic N) is 3. The smallest absolute Gasteiger partial charge is 0.449 e. The number of carbonyl (C=O) groups excluding carboxylic acids is 2. The van der Waals surface area contributed by atoms with Crippen LogP contribution in [0.3, 0.4) is 0 Å². The van der Waals surface area contributed by atoms with Crippen LogP contribution in [0.15, 0.2) is 30.3 Å². The van der Waals surface area contributed by atoms with E-state index in [4.69, 9.17) is 14.2 Å². The molecule has 10 heteroatoms. The number of hydrogen-bond donors (Lipinski definition) is 0. The minimum absolute atomic E-state index is 0.0766. The molecule has 0 radical (unpaired) electrons. The second-order valence-electron chi connectivity index (χ2n) is 5.95. The van der Waals surface area contributed by atoms with Crippen LogP contribution >= 0.6 is 0 Å². The largest absolute Gasteiger partial charge is 0.515 e. The molecule has 0 amide bonds. The van der Waals surface area contributed by atoms with E-state index >= 15 is 0 Å². The average Bonchev–Trinajstić information content (AvgIpc) is 3.21.